The maximum Gasteiger partial charge on any atom is 0.472 e. The molecule has 11 atom stereocenters. The second-order valence-electron chi connectivity index (χ2n) is 13.9. The van der Waals surface area contributed by atoms with Gasteiger partial charge in [-0.25, -0.2) is 54.0 Å². The first-order chi connectivity index (χ1) is 28.8. The van der Waals surface area contributed by atoms with E-state index in [-0.39, 0.29) is 59.0 Å². The Kier molecular flexibility index (Phi) is 10.7. The van der Waals surface area contributed by atoms with Crippen LogP contribution in [0.3, 0.4) is 0 Å². The van der Waals surface area contributed by atoms with E-state index < -0.39 is 90.8 Å². The molecule has 0 bridgehead atoms. The molecule has 3 aliphatic rings. The van der Waals surface area contributed by atoms with Crippen molar-refractivity contribution in [3.05, 3.63) is 38.0 Å². The second-order valence-corrected chi connectivity index (χ2v) is 16.8. The van der Waals surface area contributed by atoms with Gasteiger partial charge in [0.2, 0.25) is 0 Å². The van der Waals surface area contributed by atoms with Gasteiger partial charge in [-0.1, -0.05) is 0 Å². The number of aliphatic hydroxyl groups excluding tert-OH is 2. The number of hydrogen-bond acceptors (Lipinski definition) is 23. The highest BCUT2D eigenvalue weighted by Gasteiger charge is 2.46. The van der Waals surface area contributed by atoms with E-state index in [9.17, 15) is 29.1 Å². The zero-order valence-electron chi connectivity index (χ0n) is 30.9. The number of anilines is 3. The molecule has 6 aromatic heterocycles. The fourth-order valence-corrected chi connectivity index (χ4v) is 9.19. The number of imidazole rings is 3. The third-order valence-corrected chi connectivity index (χ3v) is 12.1. The summed E-state index contributed by atoms with van der Waals surface area (Å²) in [7, 11) is -9.87. The second kappa shape index (κ2) is 15.8. The topological polar surface area (TPSA) is 389 Å². The first-order valence-electron chi connectivity index (χ1n) is 18.1. The van der Waals surface area contributed by atoms with Gasteiger partial charge in [-0.15, -0.1) is 0 Å². The molecule has 0 aliphatic carbocycles. The zero-order chi connectivity index (χ0) is 41.9. The average molecular weight is 878 g/mol. The van der Waals surface area contributed by atoms with Crippen molar-refractivity contribution in [2.75, 3.05) is 37.0 Å². The molecule has 320 valence electrons. The van der Waals surface area contributed by atoms with E-state index in [2.05, 4.69) is 44.9 Å². The molecule has 11 unspecified atom stereocenters. The summed E-state index contributed by atoms with van der Waals surface area (Å²) in [5, 5.41) is 20.6. The molecule has 9 rings (SSSR count). The van der Waals surface area contributed by atoms with Gasteiger partial charge < -0.3 is 51.4 Å². The maximum atomic E-state index is 13.5. The highest BCUT2D eigenvalue weighted by atomic mass is 31.2. The van der Waals surface area contributed by atoms with Crippen molar-refractivity contribution in [2.24, 2.45) is 0 Å². The number of fused-ring (bicyclic) bond motifs is 3. The Labute approximate surface area is 335 Å². The van der Waals surface area contributed by atoms with E-state index in [0.717, 1.165) is 0 Å². The van der Waals surface area contributed by atoms with Crippen LogP contribution in [0.5, 0.6) is 0 Å². The van der Waals surface area contributed by atoms with Crippen molar-refractivity contribution in [3.63, 3.8) is 0 Å². The number of phosphoric acid groups is 2. The van der Waals surface area contributed by atoms with Crippen molar-refractivity contribution in [1.82, 2.24) is 58.6 Å². The van der Waals surface area contributed by atoms with Crippen molar-refractivity contribution in [2.45, 2.75) is 74.6 Å². The molecule has 3 aliphatic heterocycles. The third kappa shape index (κ3) is 7.77. The molecular formula is C30H37N15O13P2. The number of aliphatic hydroxyl groups is 2. The molecule has 28 nitrogen and oxygen atoms in total. The minimum atomic E-state index is -4.96. The van der Waals surface area contributed by atoms with Crippen LogP contribution in [-0.4, -0.2) is 135 Å². The fraction of sp³-hybridized carbons (Fsp3) is 0.500. The minimum Gasteiger partial charge on any atom is -0.394 e. The number of nitrogen functional groups attached to an aromatic ring is 3. The number of hydrogen-bond donors (Lipinski definition) is 7. The summed E-state index contributed by atoms with van der Waals surface area (Å²) in [6.45, 7) is -1.56. The zero-order valence-corrected chi connectivity index (χ0v) is 32.6. The number of rotatable bonds is 14. The van der Waals surface area contributed by atoms with Gasteiger partial charge in [-0.2, -0.15) is 0 Å². The number of nitrogens with two attached hydrogens (primary N) is 3. The Balaban J connectivity index is 0.879. The summed E-state index contributed by atoms with van der Waals surface area (Å²) >= 11 is 0. The van der Waals surface area contributed by atoms with Crippen molar-refractivity contribution < 1.29 is 61.4 Å². The van der Waals surface area contributed by atoms with Crippen LogP contribution in [0.4, 0.5) is 17.5 Å². The van der Waals surface area contributed by atoms with Crippen LogP contribution in [0, 0.1) is 0 Å². The predicted octanol–water partition coefficient (Wildman–Crippen LogP) is -0.527. The van der Waals surface area contributed by atoms with E-state index in [1.165, 1.54) is 47.1 Å². The fourth-order valence-electron chi connectivity index (χ4n) is 7.31. The Bertz CT molecular complexity index is 2630. The lowest BCUT2D eigenvalue weighted by Crippen LogP contribution is -2.27. The van der Waals surface area contributed by atoms with Gasteiger partial charge in [0.1, 0.15) is 60.1 Å². The van der Waals surface area contributed by atoms with Gasteiger partial charge in [-0.3, -0.25) is 31.8 Å². The van der Waals surface area contributed by atoms with E-state index in [4.69, 9.17) is 49.5 Å². The van der Waals surface area contributed by atoms with Crippen molar-refractivity contribution in [1.29, 1.82) is 0 Å². The Morgan fingerprint density at radius 3 is 1.60 bits per heavy atom. The van der Waals surface area contributed by atoms with Gasteiger partial charge >= 0.3 is 15.6 Å². The summed E-state index contributed by atoms with van der Waals surface area (Å²) in [6.07, 6.45) is -1.88. The molecule has 60 heavy (non-hydrogen) atoms. The molecule has 30 heteroatoms. The molecule has 0 aromatic carbocycles. The number of aromatic nitrogens is 12. The molecule has 0 amide bonds. The molecule has 3 fully saturated rings. The highest BCUT2D eigenvalue weighted by molar-refractivity contribution is 7.47. The van der Waals surface area contributed by atoms with E-state index >= 15 is 0 Å². The number of phosphoric ester groups is 2. The standard InChI is InChI=1S/C30H37N15O13P2/c31-23-20-26(37-7-34-23)43(10-40-20)19-3-15(47)18(56-19)6-53-60(50,51)58-17-2-14(55-30(17)45-12-42-22-25(33)36-9-39-28(22)45)5-52-59(48,49)57-16-1-13(4-46)54-29(16)44-11-41-21-24(32)35-8-38-27(21)44/h7-19,29-30,46-47H,1-6H2,(H,48,49)(H,50,51)(H2,31,34,37)(H2,32,35,38)(H2,33,36,39). The van der Waals surface area contributed by atoms with Gasteiger partial charge in [0.05, 0.1) is 57.1 Å². The van der Waals surface area contributed by atoms with Gasteiger partial charge in [-0.05, 0) is 0 Å². The molecule has 9 heterocycles. The summed E-state index contributed by atoms with van der Waals surface area (Å²) in [5.41, 5.74) is 19.4. The summed E-state index contributed by atoms with van der Waals surface area (Å²) in [4.78, 5) is 58.9. The Hall–Kier alpha value is -4.93. The molecular weight excluding hydrogens is 840 g/mol. The van der Waals surface area contributed by atoms with E-state index in [1.807, 2.05) is 0 Å². The Morgan fingerprint density at radius 2 is 1.08 bits per heavy atom. The summed E-state index contributed by atoms with van der Waals surface area (Å²) in [5.74, 6) is 0.307. The van der Waals surface area contributed by atoms with Crippen LogP contribution in [-0.2, 0) is 41.4 Å². The SMILES string of the molecule is Nc1ncnc2c1ncn2C1CC(O)C(COP(=O)(O)OC2CC(COP(=O)(O)OC3CC(CO)OC3n3cnc4c(N)ncnc43)OC2n2cnc3c(N)ncnc32)O1. The summed E-state index contributed by atoms with van der Waals surface area (Å²) in [6, 6.07) is 0. The third-order valence-electron chi connectivity index (χ3n) is 10.1. The molecule has 10 N–H and O–H groups in total. The summed E-state index contributed by atoms with van der Waals surface area (Å²) < 4.78 is 71.2. The monoisotopic (exact) mass is 877 g/mol. The van der Waals surface area contributed by atoms with Crippen molar-refractivity contribution >= 4 is 66.6 Å². The van der Waals surface area contributed by atoms with Gasteiger partial charge in [0, 0.05) is 19.3 Å². The minimum absolute atomic E-state index is 0.00813. The molecule has 0 spiro atoms. The molecule has 6 aromatic rings. The van der Waals surface area contributed by atoms with Crippen LogP contribution < -0.4 is 17.2 Å². The lowest BCUT2D eigenvalue weighted by Gasteiger charge is -2.24. The lowest BCUT2D eigenvalue weighted by molar-refractivity contribution is -0.0630. The predicted molar refractivity (Wildman–Crippen MR) is 199 cm³/mol. The van der Waals surface area contributed by atoms with Gasteiger partial charge in [0.15, 0.2) is 46.9 Å². The van der Waals surface area contributed by atoms with Crippen LogP contribution >= 0.6 is 15.6 Å². The molecule has 0 saturated carbocycles. The highest BCUT2D eigenvalue weighted by Crippen LogP contribution is 2.52. The first-order valence-corrected chi connectivity index (χ1v) is 21.1. The normalized spacial score (nSPS) is 29.2. The quantitative estimate of drug-likeness (QED) is 0.0676. The van der Waals surface area contributed by atoms with Crippen LogP contribution in [0.2, 0.25) is 0 Å². The smallest absolute Gasteiger partial charge is 0.394 e. The van der Waals surface area contributed by atoms with Gasteiger partial charge in [0.25, 0.3) is 0 Å². The Morgan fingerprint density at radius 1 is 0.633 bits per heavy atom. The maximum absolute atomic E-state index is 13.5. The largest absolute Gasteiger partial charge is 0.472 e. The first kappa shape index (κ1) is 40.5. The van der Waals surface area contributed by atoms with Crippen LogP contribution in [0.25, 0.3) is 33.5 Å². The number of ether oxygens (including phenoxy) is 3. The molecule has 3 saturated heterocycles. The van der Waals surface area contributed by atoms with E-state index in [0.29, 0.717) is 11.2 Å². The van der Waals surface area contributed by atoms with Crippen LogP contribution in [0.1, 0.15) is 37.9 Å². The lowest BCUT2D eigenvalue weighted by atomic mass is 10.2. The van der Waals surface area contributed by atoms with Crippen LogP contribution in [0.15, 0.2) is 38.0 Å². The van der Waals surface area contributed by atoms with Crippen molar-refractivity contribution in [3.8, 4) is 0 Å². The van der Waals surface area contributed by atoms with E-state index in [1.54, 1.807) is 4.57 Å². The molecule has 0 radical (unpaired) electrons. The average Bonchev–Trinajstić information content (AvgIpc) is 4.06. The number of nitrogens with zero attached hydrogens (tertiary/aromatic N) is 12.